The summed E-state index contributed by atoms with van der Waals surface area (Å²) in [6.07, 6.45) is 7.68. The van der Waals surface area contributed by atoms with Crippen LogP contribution in [0, 0.1) is 0 Å². The molecule has 5 nitrogen and oxygen atoms in total. The lowest BCUT2D eigenvalue weighted by Crippen LogP contribution is -2.31. The minimum Gasteiger partial charge on any atom is -0.497 e. The summed E-state index contributed by atoms with van der Waals surface area (Å²) in [6.45, 7) is 1.61. The number of benzene rings is 2. The molecule has 1 heterocycles. The molecule has 2 amide bonds. The topological polar surface area (TPSA) is 58.6 Å². The first kappa shape index (κ1) is 19.7. The third kappa shape index (κ3) is 5.46. The van der Waals surface area contributed by atoms with E-state index in [1.807, 2.05) is 29.2 Å². The van der Waals surface area contributed by atoms with Crippen molar-refractivity contribution in [3.8, 4) is 5.75 Å². The van der Waals surface area contributed by atoms with E-state index in [0.717, 1.165) is 37.2 Å². The van der Waals surface area contributed by atoms with E-state index >= 15 is 0 Å². The van der Waals surface area contributed by atoms with Crippen molar-refractivity contribution in [2.45, 2.75) is 25.7 Å². The summed E-state index contributed by atoms with van der Waals surface area (Å²) >= 11 is 0. The van der Waals surface area contributed by atoms with Crippen LogP contribution in [0.4, 0.5) is 5.69 Å². The Morgan fingerprint density at radius 3 is 2.39 bits per heavy atom. The number of ether oxygens (including phenoxy) is 1. The van der Waals surface area contributed by atoms with Gasteiger partial charge < -0.3 is 15.0 Å². The molecule has 146 valence electrons. The van der Waals surface area contributed by atoms with E-state index in [1.54, 1.807) is 37.5 Å². The van der Waals surface area contributed by atoms with Gasteiger partial charge in [-0.3, -0.25) is 9.59 Å². The molecule has 3 rings (SSSR count). The molecule has 1 aliphatic heterocycles. The molecular weight excluding hydrogens is 352 g/mol. The van der Waals surface area contributed by atoms with Crippen molar-refractivity contribution in [1.29, 1.82) is 0 Å². The number of anilines is 1. The molecule has 5 heteroatoms. The van der Waals surface area contributed by atoms with Crippen LogP contribution in [0.15, 0.2) is 54.6 Å². The number of methoxy groups -OCH3 is 1. The molecule has 0 aromatic heterocycles. The zero-order chi connectivity index (χ0) is 19.8. The van der Waals surface area contributed by atoms with Crippen LogP contribution in [0.3, 0.4) is 0 Å². The second-order valence-corrected chi connectivity index (χ2v) is 6.88. The zero-order valence-corrected chi connectivity index (χ0v) is 16.2. The number of likely N-dealkylation sites (tertiary alicyclic amines) is 1. The highest BCUT2D eigenvalue weighted by atomic mass is 16.5. The minimum absolute atomic E-state index is 0.0340. The first-order chi connectivity index (χ1) is 13.7. The largest absolute Gasteiger partial charge is 0.497 e. The maximum atomic E-state index is 12.7. The quantitative estimate of drug-likeness (QED) is 0.787. The lowest BCUT2D eigenvalue weighted by Gasteiger charge is -2.20. The third-order valence-electron chi connectivity index (χ3n) is 4.81. The van der Waals surface area contributed by atoms with Crippen molar-refractivity contribution in [1.82, 2.24) is 4.90 Å². The summed E-state index contributed by atoms with van der Waals surface area (Å²) in [6, 6.07) is 14.6. The molecule has 0 aliphatic carbocycles. The molecule has 28 heavy (non-hydrogen) atoms. The number of rotatable bonds is 5. The van der Waals surface area contributed by atoms with Crippen molar-refractivity contribution in [2.75, 3.05) is 25.5 Å². The van der Waals surface area contributed by atoms with Gasteiger partial charge in [-0.2, -0.15) is 0 Å². The Hall–Kier alpha value is -3.08. The van der Waals surface area contributed by atoms with Crippen LogP contribution in [0.5, 0.6) is 5.75 Å². The van der Waals surface area contributed by atoms with Crippen LogP contribution >= 0.6 is 0 Å². The molecule has 1 saturated heterocycles. The molecule has 1 fully saturated rings. The van der Waals surface area contributed by atoms with Gasteiger partial charge in [-0.15, -0.1) is 0 Å². The van der Waals surface area contributed by atoms with Gasteiger partial charge in [0.1, 0.15) is 5.75 Å². The van der Waals surface area contributed by atoms with E-state index in [1.165, 1.54) is 18.9 Å². The van der Waals surface area contributed by atoms with Crippen LogP contribution in [0.1, 0.15) is 41.6 Å². The summed E-state index contributed by atoms with van der Waals surface area (Å²) in [7, 11) is 1.62. The third-order valence-corrected chi connectivity index (χ3v) is 4.81. The molecule has 0 atom stereocenters. The maximum absolute atomic E-state index is 12.7. The fourth-order valence-electron chi connectivity index (χ4n) is 3.26. The Morgan fingerprint density at radius 2 is 1.71 bits per heavy atom. The lowest BCUT2D eigenvalue weighted by molar-refractivity contribution is -0.111. The summed E-state index contributed by atoms with van der Waals surface area (Å²) in [5, 5.41) is 2.82. The molecular formula is C23H26N2O3. The van der Waals surface area contributed by atoms with Gasteiger partial charge in [-0.05, 0) is 54.8 Å². The van der Waals surface area contributed by atoms with Crippen molar-refractivity contribution < 1.29 is 14.3 Å². The number of nitrogens with zero attached hydrogens (tertiary/aromatic N) is 1. The number of amides is 2. The number of hydrogen-bond donors (Lipinski definition) is 1. The van der Waals surface area contributed by atoms with E-state index in [4.69, 9.17) is 4.74 Å². The average molecular weight is 378 g/mol. The highest BCUT2D eigenvalue weighted by Crippen LogP contribution is 2.17. The van der Waals surface area contributed by atoms with Gasteiger partial charge in [0.15, 0.2) is 0 Å². The van der Waals surface area contributed by atoms with Gasteiger partial charge in [0.05, 0.1) is 7.11 Å². The summed E-state index contributed by atoms with van der Waals surface area (Å²) in [4.78, 5) is 26.9. The van der Waals surface area contributed by atoms with E-state index in [2.05, 4.69) is 5.32 Å². The van der Waals surface area contributed by atoms with Crippen molar-refractivity contribution in [2.24, 2.45) is 0 Å². The zero-order valence-electron chi connectivity index (χ0n) is 16.2. The Balaban J connectivity index is 1.62. The Morgan fingerprint density at radius 1 is 1.00 bits per heavy atom. The van der Waals surface area contributed by atoms with Gasteiger partial charge >= 0.3 is 0 Å². The fraction of sp³-hybridized carbons (Fsp3) is 0.304. The second kappa shape index (κ2) is 9.74. The van der Waals surface area contributed by atoms with E-state index in [9.17, 15) is 9.59 Å². The molecule has 1 N–H and O–H groups in total. The van der Waals surface area contributed by atoms with Crippen LogP contribution in [0.25, 0.3) is 6.08 Å². The van der Waals surface area contributed by atoms with Gasteiger partial charge in [0.2, 0.25) is 5.91 Å². The SMILES string of the molecule is COc1ccc(/C=C/C(=O)Nc2cccc(C(=O)N3CCCCCC3)c2)cc1. The second-order valence-electron chi connectivity index (χ2n) is 6.88. The molecule has 0 unspecified atom stereocenters. The number of carbonyl (C=O) groups is 2. The minimum atomic E-state index is -0.241. The molecule has 0 saturated carbocycles. The smallest absolute Gasteiger partial charge is 0.253 e. The molecule has 2 aromatic carbocycles. The van der Waals surface area contributed by atoms with Crippen LogP contribution < -0.4 is 10.1 Å². The Labute approximate surface area is 166 Å². The van der Waals surface area contributed by atoms with Crippen LogP contribution in [-0.4, -0.2) is 36.9 Å². The monoisotopic (exact) mass is 378 g/mol. The number of carbonyl (C=O) groups excluding carboxylic acids is 2. The van der Waals surface area contributed by atoms with Gasteiger partial charge in [-0.1, -0.05) is 31.0 Å². The van der Waals surface area contributed by atoms with E-state index < -0.39 is 0 Å². The average Bonchev–Trinajstić information content (AvgIpc) is 3.02. The van der Waals surface area contributed by atoms with Crippen LogP contribution in [0.2, 0.25) is 0 Å². The molecule has 1 aliphatic rings. The first-order valence-electron chi connectivity index (χ1n) is 9.68. The summed E-state index contributed by atoms with van der Waals surface area (Å²) < 4.78 is 5.12. The van der Waals surface area contributed by atoms with Gasteiger partial charge in [0, 0.05) is 30.4 Å². The molecule has 0 radical (unpaired) electrons. The number of nitrogens with one attached hydrogen (secondary N) is 1. The summed E-state index contributed by atoms with van der Waals surface area (Å²) in [5.41, 5.74) is 2.13. The van der Waals surface area contributed by atoms with Crippen LogP contribution in [-0.2, 0) is 4.79 Å². The normalized spacial score (nSPS) is 14.5. The molecule has 0 spiro atoms. The van der Waals surface area contributed by atoms with Gasteiger partial charge in [0.25, 0.3) is 5.91 Å². The maximum Gasteiger partial charge on any atom is 0.253 e. The number of hydrogen-bond acceptors (Lipinski definition) is 3. The van der Waals surface area contributed by atoms with Crippen molar-refractivity contribution in [3.63, 3.8) is 0 Å². The fourth-order valence-corrected chi connectivity index (χ4v) is 3.26. The summed E-state index contributed by atoms with van der Waals surface area (Å²) in [5.74, 6) is 0.564. The van der Waals surface area contributed by atoms with E-state index in [0.29, 0.717) is 11.3 Å². The van der Waals surface area contributed by atoms with Crippen molar-refractivity contribution in [3.05, 3.63) is 65.7 Å². The Kier molecular flexibility index (Phi) is 6.84. The molecule has 2 aromatic rings. The lowest BCUT2D eigenvalue weighted by atomic mass is 10.1. The predicted octanol–water partition coefficient (Wildman–Crippen LogP) is 4.36. The van der Waals surface area contributed by atoms with Crippen molar-refractivity contribution >= 4 is 23.6 Å². The Bertz CT molecular complexity index is 835. The van der Waals surface area contributed by atoms with E-state index in [-0.39, 0.29) is 11.8 Å². The first-order valence-corrected chi connectivity index (χ1v) is 9.68. The highest BCUT2D eigenvalue weighted by molar-refractivity contribution is 6.03. The standard InChI is InChI=1S/C23H26N2O3/c1-28-21-12-9-18(10-13-21)11-14-22(26)24-20-8-6-7-19(17-20)23(27)25-15-4-2-3-5-16-25/h6-14,17H,2-5,15-16H2,1H3,(H,24,26)/b14-11+. The highest BCUT2D eigenvalue weighted by Gasteiger charge is 2.17. The van der Waals surface area contributed by atoms with Gasteiger partial charge in [-0.25, -0.2) is 0 Å². The predicted molar refractivity (Wildman–Crippen MR) is 111 cm³/mol. The molecule has 0 bridgehead atoms.